The summed E-state index contributed by atoms with van der Waals surface area (Å²) in [6.07, 6.45) is 0.399. The number of amides is 2. The number of nitrogens with zero attached hydrogens (tertiary/aromatic N) is 1. The summed E-state index contributed by atoms with van der Waals surface area (Å²) in [5.41, 5.74) is 4.73. The van der Waals surface area contributed by atoms with Crippen molar-refractivity contribution in [1.82, 2.24) is 10.2 Å². The number of carbonyl (C=O) groups is 3. The number of rotatable bonds is 14. The van der Waals surface area contributed by atoms with Crippen molar-refractivity contribution in [2.75, 3.05) is 6.54 Å². The molecule has 0 saturated heterocycles. The number of benzene rings is 1. The Balaban J connectivity index is 1.56. The van der Waals surface area contributed by atoms with Crippen molar-refractivity contribution in [3.8, 4) is 0 Å². The fourth-order valence-electron chi connectivity index (χ4n) is 3.58. The highest BCUT2D eigenvalue weighted by atomic mass is 79.9. The number of hydrogen-bond acceptors (Lipinski definition) is 8. The molecule has 0 unspecified atom stereocenters. The topological polar surface area (TPSA) is 111 Å². The maximum Gasteiger partial charge on any atom is 0.407 e. The van der Waals surface area contributed by atoms with Gasteiger partial charge in [-0.3, -0.25) is 4.79 Å². The molecule has 0 aliphatic rings. The monoisotopic (exact) mass is 593 g/mol. The minimum atomic E-state index is -1.53. The normalized spacial score (nSPS) is 12.6. The summed E-state index contributed by atoms with van der Waals surface area (Å²) in [7, 11) is 0. The second kappa shape index (κ2) is 14.1. The number of ether oxygens (including phenoxy) is 2. The fraction of sp³-hybridized carbons (Fsp3) is 0.320. The van der Waals surface area contributed by atoms with Crippen molar-refractivity contribution in [3.63, 3.8) is 0 Å². The molecule has 0 aliphatic heterocycles. The Kier molecular flexibility index (Phi) is 10.9. The maximum absolute atomic E-state index is 12.4. The number of carbonyl (C=O) groups excluding carboxylic acids is 3. The summed E-state index contributed by atoms with van der Waals surface area (Å²) in [5, 5.41) is 6.62. The lowest BCUT2D eigenvalue weighted by molar-refractivity contribution is -0.153. The molecular formula is C25H28BrN3O5S2. The highest BCUT2D eigenvalue weighted by Gasteiger charge is 2.40. The van der Waals surface area contributed by atoms with Gasteiger partial charge >= 0.3 is 12.2 Å². The van der Waals surface area contributed by atoms with Crippen LogP contribution in [-0.2, 0) is 34.0 Å². The summed E-state index contributed by atoms with van der Waals surface area (Å²) in [5.74, 6) is 0. The van der Waals surface area contributed by atoms with Gasteiger partial charge in [0.15, 0.2) is 6.29 Å². The SMILES string of the molecule is NC(=O)O[C@](C=O)(CCCCNC(=O)OCc1ccc(Br)cc1)N(Cc1cccs1)Cc1cccs1. The molecule has 0 bridgehead atoms. The molecule has 0 fully saturated rings. The Hall–Kier alpha value is -2.73. The summed E-state index contributed by atoms with van der Waals surface area (Å²) in [6.45, 7) is 1.35. The van der Waals surface area contributed by atoms with Gasteiger partial charge in [0.05, 0.1) is 0 Å². The zero-order valence-corrected chi connectivity index (χ0v) is 22.8. The molecule has 3 N–H and O–H groups in total. The fourth-order valence-corrected chi connectivity index (χ4v) is 5.29. The van der Waals surface area contributed by atoms with Crippen LogP contribution >= 0.6 is 38.6 Å². The van der Waals surface area contributed by atoms with E-state index in [0.29, 0.717) is 38.8 Å². The van der Waals surface area contributed by atoms with Crippen molar-refractivity contribution in [3.05, 3.63) is 79.1 Å². The minimum Gasteiger partial charge on any atom is -0.445 e. The van der Waals surface area contributed by atoms with Crippen molar-refractivity contribution < 1.29 is 23.9 Å². The van der Waals surface area contributed by atoms with Gasteiger partial charge < -0.3 is 20.5 Å². The molecule has 192 valence electrons. The van der Waals surface area contributed by atoms with Crippen molar-refractivity contribution in [1.29, 1.82) is 0 Å². The number of aldehydes is 1. The van der Waals surface area contributed by atoms with Crippen LogP contribution in [0.5, 0.6) is 0 Å². The van der Waals surface area contributed by atoms with Crippen LogP contribution in [-0.4, -0.2) is 35.6 Å². The molecule has 36 heavy (non-hydrogen) atoms. The molecule has 2 amide bonds. The van der Waals surface area contributed by atoms with Gasteiger partial charge in [-0.2, -0.15) is 0 Å². The summed E-state index contributed by atoms with van der Waals surface area (Å²) >= 11 is 6.48. The molecule has 0 radical (unpaired) electrons. The third kappa shape index (κ3) is 8.74. The van der Waals surface area contributed by atoms with E-state index in [2.05, 4.69) is 21.2 Å². The van der Waals surface area contributed by atoms with Gasteiger partial charge in [-0.1, -0.05) is 40.2 Å². The van der Waals surface area contributed by atoms with E-state index in [0.717, 1.165) is 19.8 Å². The van der Waals surface area contributed by atoms with E-state index in [9.17, 15) is 14.4 Å². The largest absolute Gasteiger partial charge is 0.445 e. The lowest BCUT2D eigenvalue weighted by Gasteiger charge is -2.38. The van der Waals surface area contributed by atoms with E-state index >= 15 is 0 Å². The molecule has 2 heterocycles. The molecule has 0 saturated carbocycles. The summed E-state index contributed by atoms with van der Waals surface area (Å²) < 4.78 is 11.6. The van der Waals surface area contributed by atoms with Crippen LogP contribution in [0.4, 0.5) is 9.59 Å². The first-order chi connectivity index (χ1) is 17.4. The lowest BCUT2D eigenvalue weighted by atomic mass is 10.0. The predicted octanol–water partition coefficient (Wildman–Crippen LogP) is 5.66. The number of nitrogens with one attached hydrogen (secondary N) is 1. The van der Waals surface area contributed by atoms with Gasteiger partial charge in [0.1, 0.15) is 6.61 Å². The minimum absolute atomic E-state index is 0.167. The van der Waals surface area contributed by atoms with Crippen LogP contribution in [0.3, 0.4) is 0 Å². The Bertz CT molecular complexity index is 1060. The summed E-state index contributed by atoms with van der Waals surface area (Å²) in [4.78, 5) is 40.1. The van der Waals surface area contributed by atoms with Crippen molar-refractivity contribution >= 4 is 57.1 Å². The van der Waals surface area contributed by atoms with Crippen LogP contribution in [0.2, 0.25) is 0 Å². The van der Waals surface area contributed by atoms with Crippen molar-refractivity contribution in [2.45, 2.75) is 44.7 Å². The molecule has 3 rings (SSSR count). The van der Waals surface area contributed by atoms with Gasteiger partial charge in [0, 0.05) is 40.3 Å². The molecule has 1 atom stereocenters. The Morgan fingerprint density at radius 3 is 2.19 bits per heavy atom. The second-order valence-corrected chi connectivity index (χ2v) is 11.0. The third-order valence-electron chi connectivity index (χ3n) is 5.36. The van der Waals surface area contributed by atoms with Crippen LogP contribution in [0.1, 0.15) is 34.6 Å². The van der Waals surface area contributed by atoms with Gasteiger partial charge in [-0.25, -0.2) is 14.5 Å². The van der Waals surface area contributed by atoms with Gasteiger partial charge in [0.25, 0.3) is 0 Å². The first-order valence-electron chi connectivity index (χ1n) is 11.3. The maximum atomic E-state index is 12.4. The number of hydrogen-bond donors (Lipinski definition) is 2. The number of primary amides is 1. The highest BCUT2D eigenvalue weighted by molar-refractivity contribution is 9.10. The highest BCUT2D eigenvalue weighted by Crippen LogP contribution is 2.29. The Labute approximate surface area is 226 Å². The number of thiophene rings is 2. The zero-order chi connectivity index (χ0) is 25.8. The first-order valence-corrected chi connectivity index (χ1v) is 13.8. The second-order valence-electron chi connectivity index (χ2n) is 7.99. The molecule has 3 aromatic rings. The molecule has 11 heteroatoms. The predicted molar refractivity (Wildman–Crippen MR) is 144 cm³/mol. The van der Waals surface area contributed by atoms with E-state index < -0.39 is 17.9 Å². The third-order valence-corrected chi connectivity index (χ3v) is 7.62. The zero-order valence-electron chi connectivity index (χ0n) is 19.6. The number of halogens is 1. The number of alkyl carbamates (subject to hydrolysis) is 1. The number of unbranched alkanes of at least 4 members (excludes halogenated alkanes) is 1. The average Bonchev–Trinajstić information content (AvgIpc) is 3.57. The van der Waals surface area contributed by atoms with Crippen LogP contribution in [0.15, 0.2) is 63.8 Å². The Morgan fingerprint density at radius 1 is 1.03 bits per heavy atom. The van der Waals surface area contributed by atoms with Crippen LogP contribution in [0, 0.1) is 0 Å². The van der Waals surface area contributed by atoms with E-state index in [1.165, 1.54) is 0 Å². The van der Waals surface area contributed by atoms with E-state index in [1.54, 1.807) is 22.7 Å². The van der Waals surface area contributed by atoms with Crippen LogP contribution < -0.4 is 11.1 Å². The molecule has 1 aromatic carbocycles. The van der Waals surface area contributed by atoms with Crippen LogP contribution in [0.25, 0.3) is 0 Å². The van der Waals surface area contributed by atoms with Gasteiger partial charge in [-0.05, 0) is 53.4 Å². The standard InChI is InChI=1S/C25H28BrN3O5S2/c26-20-9-7-19(8-10-20)17-33-24(32)28-12-2-1-11-25(18-30,34-23(27)31)29(15-21-5-3-13-35-21)16-22-6-4-14-36-22/h3-10,13-14,18H,1-2,11-12,15-17H2,(H2,27,31)(H,28,32)/t25-/m0/s1. The first kappa shape index (κ1) is 27.9. The van der Waals surface area contributed by atoms with E-state index in [-0.39, 0.29) is 13.0 Å². The average molecular weight is 595 g/mol. The molecule has 0 spiro atoms. The van der Waals surface area contributed by atoms with Gasteiger partial charge in [-0.15, -0.1) is 22.7 Å². The molecular weight excluding hydrogens is 566 g/mol. The quantitative estimate of drug-likeness (QED) is 0.142. The lowest BCUT2D eigenvalue weighted by Crippen LogP contribution is -2.53. The molecule has 0 aliphatic carbocycles. The van der Waals surface area contributed by atoms with E-state index in [4.69, 9.17) is 15.2 Å². The smallest absolute Gasteiger partial charge is 0.407 e. The van der Waals surface area contributed by atoms with E-state index in [1.807, 2.05) is 64.2 Å². The number of nitrogens with two attached hydrogens (primary N) is 1. The Morgan fingerprint density at radius 2 is 1.67 bits per heavy atom. The molecule has 8 nitrogen and oxygen atoms in total. The molecule has 2 aromatic heterocycles. The van der Waals surface area contributed by atoms with Gasteiger partial charge in [0.2, 0.25) is 5.72 Å². The van der Waals surface area contributed by atoms with Crippen molar-refractivity contribution in [2.24, 2.45) is 5.73 Å². The summed E-state index contributed by atoms with van der Waals surface area (Å²) in [6, 6.07) is 15.3.